The Kier molecular flexibility index (Phi) is 7.77. The third kappa shape index (κ3) is 6.00. The van der Waals surface area contributed by atoms with Crippen molar-refractivity contribution >= 4 is 11.8 Å². The van der Waals surface area contributed by atoms with Crippen LogP contribution in [0.1, 0.15) is 35.4 Å². The monoisotopic (exact) mass is 453 g/mol. The zero-order chi connectivity index (χ0) is 23.2. The fraction of sp³-hybridized carbons (Fsp3) is 0.560. The number of nitrogens with one attached hydrogen (secondary N) is 1. The third-order valence-electron chi connectivity index (χ3n) is 6.80. The third-order valence-corrected chi connectivity index (χ3v) is 6.80. The molecule has 1 N–H and O–H groups in total. The number of aromatic nitrogens is 2. The van der Waals surface area contributed by atoms with Crippen LogP contribution in [0.4, 0.5) is 0 Å². The molecule has 2 saturated heterocycles. The Bertz CT molecular complexity index is 944. The predicted molar refractivity (Wildman–Crippen MR) is 126 cm³/mol. The van der Waals surface area contributed by atoms with E-state index in [4.69, 9.17) is 4.74 Å². The van der Waals surface area contributed by atoms with E-state index >= 15 is 0 Å². The lowest BCUT2D eigenvalue weighted by Gasteiger charge is -2.35. The van der Waals surface area contributed by atoms with E-state index in [1.54, 1.807) is 0 Å². The quantitative estimate of drug-likeness (QED) is 0.691. The van der Waals surface area contributed by atoms with Crippen LogP contribution in [0.25, 0.3) is 0 Å². The Labute approximate surface area is 195 Å². The van der Waals surface area contributed by atoms with E-state index in [9.17, 15) is 9.59 Å². The van der Waals surface area contributed by atoms with Crippen molar-refractivity contribution in [3.8, 4) is 0 Å². The van der Waals surface area contributed by atoms with E-state index in [0.717, 1.165) is 49.4 Å². The van der Waals surface area contributed by atoms with Crippen LogP contribution in [0.3, 0.4) is 0 Å². The molecule has 0 unspecified atom stereocenters. The second-order valence-corrected chi connectivity index (χ2v) is 9.06. The molecular weight excluding hydrogens is 418 g/mol. The van der Waals surface area contributed by atoms with Crippen LogP contribution in [0.15, 0.2) is 30.3 Å². The first-order valence-electron chi connectivity index (χ1n) is 11.9. The highest BCUT2D eigenvalue weighted by atomic mass is 16.5. The van der Waals surface area contributed by atoms with E-state index in [1.807, 2.05) is 34.7 Å². The van der Waals surface area contributed by atoms with Crippen molar-refractivity contribution < 1.29 is 14.3 Å². The molecule has 0 saturated carbocycles. The van der Waals surface area contributed by atoms with Crippen molar-refractivity contribution in [3.63, 3.8) is 0 Å². The number of ether oxygens (including phenoxy) is 1. The van der Waals surface area contributed by atoms with Crippen LogP contribution < -0.4 is 5.32 Å². The average molecular weight is 454 g/mol. The van der Waals surface area contributed by atoms with Gasteiger partial charge in [-0.1, -0.05) is 30.3 Å². The molecule has 178 valence electrons. The molecule has 2 aliphatic rings. The summed E-state index contributed by atoms with van der Waals surface area (Å²) in [6.07, 6.45) is 1.63. The maximum Gasteiger partial charge on any atom is 0.234 e. The van der Waals surface area contributed by atoms with Gasteiger partial charge in [0.15, 0.2) is 0 Å². The van der Waals surface area contributed by atoms with Gasteiger partial charge in [-0.3, -0.25) is 19.2 Å². The molecule has 0 bridgehead atoms. The second kappa shape index (κ2) is 10.9. The molecule has 4 rings (SSSR count). The molecule has 0 spiro atoms. The van der Waals surface area contributed by atoms with Gasteiger partial charge in [0, 0.05) is 36.8 Å². The molecule has 0 aliphatic carbocycles. The first-order valence-corrected chi connectivity index (χ1v) is 11.9. The number of rotatable bonds is 7. The number of likely N-dealkylation sites (tertiary alicyclic amines) is 1. The standard InChI is InChI=1S/C25H35N5O3/c1-19-23(20(2)30(27-19)17-21-6-4-3-5-7-21)16-26-24(31)18-28-10-8-22(9-11-28)25(32)29-12-14-33-15-13-29/h3-7,22H,8-18H2,1-2H3,(H,26,31). The number of aryl methyl sites for hydroxylation is 1. The summed E-state index contributed by atoms with van der Waals surface area (Å²) in [5.41, 5.74) is 4.31. The van der Waals surface area contributed by atoms with E-state index in [1.165, 1.54) is 5.56 Å². The van der Waals surface area contributed by atoms with E-state index in [-0.39, 0.29) is 17.7 Å². The summed E-state index contributed by atoms with van der Waals surface area (Å²) in [4.78, 5) is 29.4. The lowest BCUT2D eigenvalue weighted by Crippen LogP contribution is -2.48. The number of piperidine rings is 1. The summed E-state index contributed by atoms with van der Waals surface area (Å²) < 4.78 is 7.35. The van der Waals surface area contributed by atoms with Crippen LogP contribution in [-0.2, 0) is 27.4 Å². The van der Waals surface area contributed by atoms with Gasteiger partial charge in [-0.2, -0.15) is 5.10 Å². The normalized spacial score (nSPS) is 17.8. The number of hydrogen-bond acceptors (Lipinski definition) is 5. The summed E-state index contributed by atoms with van der Waals surface area (Å²) in [7, 11) is 0. The minimum absolute atomic E-state index is 0.0163. The van der Waals surface area contributed by atoms with Crippen LogP contribution >= 0.6 is 0 Å². The summed E-state index contributed by atoms with van der Waals surface area (Å²) in [5, 5.41) is 7.74. The topological polar surface area (TPSA) is 79.7 Å². The van der Waals surface area contributed by atoms with Crippen molar-refractivity contribution in [2.45, 2.75) is 39.8 Å². The number of carbonyl (C=O) groups excluding carboxylic acids is 2. The van der Waals surface area contributed by atoms with Gasteiger partial charge in [0.25, 0.3) is 0 Å². The first-order chi connectivity index (χ1) is 16.0. The smallest absolute Gasteiger partial charge is 0.234 e. The Hall–Kier alpha value is -2.71. The molecule has 3 heterocycles. The van der Waals surface area contributed by atoms with Gasteiger partial charge in [0.05, 0.1) is 32.0 Å². The SMILES string of the molecule is Cc1nn(Cc2ccccc2)c(C)c1CNC(=O)CN1CCC(C(=O)N2CCOCC2)CC1. The number of benzene rings is 1. The largest absolute Gasteiger partial charge is 0.378 e. The van der Waals surface area contributed by atoms with Crippen LogP contribution in [0.5, 0.6) is 0 Å². The van der Waals surface area contributed by atoms with Crippen LogP contribution in [0, 0.1) is 19.8 Å². The number of amides is 2. The van der Waals surface area contributed by atoms with E-state index in [2.05, 4.69) is 34.4 Å². The molecule has 8 nitrogen and oxygen atoms in total. The molecule has 2 aromatic rings. The lowest BCUT2D eigenvalue weighted by atomic mass is 9.95. The van der Waals surface area contributed by atoms with Crippen molar-refractivity contribution in [2.75, 3.05) is 45.9 Å². The maximum absolute atomic E-state index is 12.7. The highest BCUT2D eigenvalue weighted by Crippen LogP contribution is 2.20. The Morgan fingerprint density at radius 1 is 1.06 bits per heavy atom. The van der Waals surface area contributed by atoms with Crippen molar-refractivity contribution in [1.29, 1.82) is 0 Å². The highest BCUT2D eigenvalue weighted by Gasteiger charge is 2.29. The fourth-order valence-corrected chi connectivity index (χ4v) is 4.73. The maximum atomic E-state index is 12.7. The minimum Gasteiger partial charge on any atom is -0.378 e. The Morgan fingerprint density at radius 3 is 2.45 bits per heavy atom. The minimum atomic E-state index is 0.0163. The molecule has 2 aliphatic heterocycles. The summed E-state index contributed by atoms with van der Waals surface area (Å²) in [6, 6.07) is 10.3. The molecule has 1 aromatic heterocycles. The van der Waals surface area contributed by atoms with Gasteiger partial charge in [-0.15, -0.1) is 0 Å². The summed E-state index contributed by atoms with van der Waals surface area (Å²) in [6.45, 7) is 9.84. The van der Waals surface area contributed by atoms with Crippen molar-refractivity contribution in [1.82, 2.24) is 24.9 Å². The number of nitrogens with zero attached hydrogens (tertiary/aromatic N) is 4. The highest BCUT2D eigenvalue weighted by molar-refractivity contribution is 5.79. The predicted octanol–water partition coefficient (Wildman–Crippen LogP) is 1.74. The summed E-state index contributed by atoms with van der Waals surface area (Å²) >= 11 is 0. The number of carbonyl (C=O) groups is 2. The fourth-order valence-electron chi connectivity index (χ4n) is 4.73. The van der Waals surface area contributed by atoms with Crippen molar-refractivity contribution in [2.24, 2.45) is 5.92 Å². The zero-order valence-corrected chi connectivity index (χ0v) is 19.8. The molecule has 0 radical (unpaired) electrons. The molecule has 2 fully saturated rings. The van der Waals surface area contributed by atoms with Gasteiger partial charge < -0.3 is 15.0 Å². The summed E-state index contributed by atoms with van der Waals surface area (Å²) in [5.74, 6) is 0.339. The molecule has 0 atom stereocenters. The van der Waals surface area contributed by atoms with Gasteiger partial charge in [-0.25, -0.2) is 0 Å². The van der Waals surface area contributed by atoms with Crippen LogP contribution in [0.2, 0.25) is 0 Å². The molecule has 8 heteroatoms. The van der Waals surface area contributed by atoms with Gasteiger partial charge >= 0.3 is 0 Å². The molecular formula is C25H35N5O3. The van der Waals surface area contributed by atoms with Gasteiger partial charge in [-0.05, 0) is 45.3 Å². The van der Waals surface area contributed by atoms with E-state index in [0.29, 0.717) is 39.4 Å². The lowest BCUT2D eigenvalue weighted by molar-refractivity contribution is -0.141. The van der Waals surface area contributed by atoms with Gasteiger partial charge in [0.1, 0.15) is 0 Å². The average Bonchev–Trinajstić information content (AvgIpc) is 3.11. The number of morpholine rings is 1. The van der Waals surface area contributed by atoms with Crippen LogP contribution in [-0.4, -0.2) is 77.3 Å². The molecule has 2 amide bonds. The Balaban J connectivity index is 1.23. The molecule has 1 aromatic carbocycles. The van der Waals surface area contributed by atoms with Crippen molar-refractivity contribution in [3.05, 3.63) is 52.8 Å². The molecule has 33 heavy (non-hydrogen) atoms. The Morgan fingerprint density at radius 2 is 1.76 bits per heavy atom. The zero-order valence-electron chi connectivity index (χ0n) is 19.8. The number of hydrogen-bond donors (Lipinski definition) is 1. The second-order valence-electron chi connectivity index (χ2n) is 9.06. The van der Waals surface area contributed by atoms with Gasteiger partial charge in [0.2, 0.25) is 11.8 Å². The first kappa shape index (κ1) is 23.4. The van der Waals surface area contributed by atoms with E-state index < -0.39 is 0 Å².